The molecular formula is C11H21F3N2. The first-order chi connectivity index (χ1) is 7.12. The first-order valence-corrected chi connectivity index (χ1v) is 5.69. The minimum absolute atomic E-state index is 0.0350. The van der Waals surface area contributed by atoms with Gasteiger partial charge in [0.2, 0.25) is 0 Å². The Labute approximate surface area is 95.0 Å². The van der Waals surface area contributed by atoms with Crippen molar-refractivity contribution in [3.8, 4) is 0 Å². The fourth-order valence-electron chi connectivity index (χ4n) is 2.20. The maximum Gasteiger partial charge on any atom is 0.403 e. The molecule has 0 aromatic heterocycles. The van der Waals surface area contributed by atoms with E-state index in [0.717, 1.165) is 0 Å². The Morgan fingerprint density at radius 2 is 1.56 bits per heavy atom. The van der Waals surface area contributed by atoms with E-state index < -0.39 is 18.1 Å². The number of alkyl halides is 3. The third-order valence-corrected chi connectivity index (χ3v) is 3.37. The molecule has 1 heterocycles. The maximum atomic E-state index is 12.4. The van der Waals surface area contributed by atoms with Crippen LogP contribution >= 0.6 is 0 Å². The normalized spacial score (nSPS) is 23.4. The van der Waals surface area contributed by atoms with Gasteiger partial charge in [-0.25, -0.2) is 0 Å². The van der Waals surface area contributed by atoms with Gasteiger partial charge in [0.1, 0.15) is 6.04 Å². The average Bonchev–Trinajstić information content (AvgIpc) is 2.14. The van der Waals surface area contributed by atoms with E-state index in [4.69, 9.17) is 5.73 Å². The van der Waals surface area contributed by atoms with Crippen LogP contribution < -0.4 is 5.73 Å². The third-order valence-electron chi connectivity index (χ3n) is 3.37. The van der Waals surface area contributed by atoms with Crippen molar-refractivity contribution in [2.75, 3.05) is 13.1 Å². The van der Waals surface area contributed by atoms with E-state index in [2.05, 4.69) is 25.7 Å². The molecule has 0 bridgehead atoms. The number of rotatable bonds is 1. The molecule has 1 fully saturated rings. The molecule has 96 valence electrons. The zero-order chi connectivity index (χ0) is 12.6. The molecule has 5 heteroatoms. The maximum absolute atomic E-state index is 12.4. The van der Waals surface area contributed by atoms with E-state index in [-0.39, 0.29) is 5.54 Å². The van der Waals surface area contributed by atoms with Crippen LogP contribution in [0.1, 0.15) is 33.6 Å². The van der Waals surface area contributed by atoms with Crippen LogP contribution in [0, 0.1) is 5.92 Å². The Balaban J connectivity index is 2.50. The van der Waals surface area contributed by atoms with E-state index in [1.807, 2.05) is 0 Å². The smallest absolute Gasteiger partial charge is 0.320 e. The topological polar surface area (TPSA) is 29.3 Å². The number of piperidine rings is 1. The molecule has 1 rings (SSSR count). The highest BCUT2D eigenvalue weighted by Gasteiger charge is 2.43. The van der Waals surface area contributed by atoms with Gasteiger partial charge in [0.25, 0.3) is 0 Å². The second-order valence-corrected chi connectivity index (χ2v) is 5.56. The molecule has 0 amide bonds. The Hall–Kier alpha value is -0.290. The van der Waals surface area contributed by atoms with Crippen LogP contribution in [-0.4, -0.2) is 35.7 Å². The van der Waals surface area contributed by atoms with Gasteiger partial charge in [0.15, 0.2) is 0 Å². The van der Waals surface area contributed by atoms with Gasteiger partial charge in [-0.1, -0.05) is 0 Å². The van der Waals surface area contributed by atoms with E-state index in [9.17, 15) is 13.2 Å². The lowest BCUT2D eigenvalue weighted by Crippen LogP contribution is -2.52. The van der Waals surface area contributed by atoms with Crippen LogP contribution in [0.2, 0.25) is 0 Å². The van der Waals surface area contributed by atoms with Gasteiger partial charge in [-0.15, -0.1) is 0 Å². The number of hydrogen-bond acceptors (Lipinski definition) is 2. The Kier molecular flexibility index (Phi) is 3.90. The number of likely N-dealkylation sites (tertiary alicyclic amines) is 1. The van der Waals surface area contributed by atoms with E-state index in [1.54, 1.807) is 0 Å². The lowest BCUT2D eigenvalue weighted by atomic mass is 9.87. The number of hydrogen-bond donors (Lipinski definition) is 1. The fourth-order valence-corrected chi connectivity index (χ4v) is 2.20. The van der Waals surface area contributed by atoms with E-state index in [0.29, 0.717) is 25.9 Å². The van der Waals surface area contributed by atoms with Crippen molar-refractivity contribution >= 4 is 0 Å². The fraction of sp³-hybridized carbons (Fsp3) is 1.00. The molecule has 2 nitrogen and oxygen atoms in total. The van der Waals surface area contributed by atoms with Gasteiger partial charge >= 0.3 is 6.18 Å². The molecule has 1 unspecified atom stereocenters. The predicted molar refractivity (Wildman–Crippen MR) is 58.1 cm³/mol. The summed E-state index contributed by atoms with van der Waals surface area (Å²) in [6.07, 6.45) is -3.18. The van der Waals surface area contributed by atoms with Gasteiger partial charge in [0, 0.05) is 5.54 Å². The summed E-state index contributed by atoms with van der Waals surface area (Å²) in [6.45, 7) is 7.65. The van der Waals surface area contributed by atoms with Crippen molar-refractivity contribution in [3.05, 3.63) is 0 Å². The van der Waals surface area contributed by atoms with E-state index in [1.165, 1.54) is 0 Å². The zero-order valence-corrected chi connectivity index (χ0v) is 10.1. The van der Waals surface area contributed by atoms with Crippen molar-refractivity contribution in [1.29, 1.82) is 0 Å². The summed E-state index contributed by atoms with van der Waals surface area (Å²) in [5.41, 5.74) is 5.27. The molecule has 0 spiro atoms. The minimum Gasteiger partial charge on any atom is -0.320 e. The third kappa shape index (κ3) is 3.35. The molecule has 1 aliphatic rings. The van der Waals surface area contributed by atoms with E-state index >= 15 is 0 Å². The van der Waals surface area contributed by atoms with Crippen molar-refractivity contribution in [2.45, 2.75) is 51.4 Å². The SMILES string of the molecule is CC(C)(C)N1CCC(C(N)C(F)(F)F)CC1. The predicted octanol–water partition coefficient (Wildman–Crippen LogP) is 2.39. The summed E-state index contributed by atoms with van der Waals surface area (Å²) in [5.74, 6) is -0.418. The first kappa shape index (κ1) is 13.8. The van der Waals surface area contributed by atoms with Crippen LogP contribution in [0.25, 0.3) is 0 Å². The minimum atomic E-state index is -4.26. The highest BCUT2D eigenvalue weighted by molar-refractivity contribution is 4.87. The lowest BCUT2D eigenvalue weighted by molar-refractivity contribution is -0.163. The summed E-state index contributed by atoms with van der Waals surface area (Å²) >= 11 is 0. The van der Waals surface area contributed by atoms with Gasteiger partial charge < -0.3 is 5.73 Å². The molecule has 1 aliphatic heterocycles. The summed E-state index contributed by atoms with van der Waals surface area (Å²) in [4.78, 5) is 2.21. The van der Waals surface area contributed by atoms with Crippen LogP contribution in [0.4, 0.5) is 13.2 Å². The molecule has 0 radical (unpaired) electrons. The highest BCUT2D eigenvalue weighted by atomic mass is 19.4. The molecular weight excluding hydrogens is 217 g/mol. The molecule has 2 N–H and O–H groups in total. The van der Waals surface area contributed by atoms with Crippen molar-refractivity contribution in [2.24, 2.45) is 11.7 Å². The Morgan fingerprint density at radius 1 is 1.12 bits per heavy atom. The highest BCUT2D eigenvalue weighted by Crippen LogP contribution is 2.31. The van der Waals surface area contributed by atoms with Crippen LogP contribution in [0.5, 0.6) is 0 Å². The van der Waals surface area contributed by atoms with Gasteiger partial charge in [-0.2, -0.15) is 13.2 Å². The molecule has 1 atom stereocenters. The molecule has 0 saturated carbocycles. The van der Waals surface area contributed by atoms with Crippen molar-refractivity contribution in [3.63, 3.8) is 0 Å². The molecule has 1 saturated heterocycles. The molecule has 0 aromatic carbocycles. The lowest BCUT2D eigenvalue weighted by Gasteiger charge is -2.42. The zero-order valence-electron chi connectivity index (χ0n) is 10.1. The van der Waals surface area contributed by atoms with Crippen molar-refractivity contribution in [1.82, 2.24) is 4.90 Å². The van der Waals surface area contributed by atoms with Crippen LogP contribution in [-0.2, 0) is 0 Å². The summed E-state index contributed by atoms with van der Waals surface area (Å²) in [7, 11) is 0. The Morgan fingerprint density at radius 3 is 1.88 bits per heavy atom. The summed E-state index contributed by atoms with van der Waals surface area (Å²) < 4.78 is 37.3. The quantitative estimate of drug-likeness (QED) is 0.760. The number of halogens is 3. The van der Waals surface area contributed by atoms with Crippen molar-refractivity contribution < 1.29 is 13.2 Å². The summed E-state index contributed by atoms with van der Waals surface area (Å²) in [5, 5.41) is 0. The molecule has 0 aliphatic carbocycles. The van der Waals surface area contributed by atoms with Gasteiger partial charge in [-0.05, 0) is 52.6 Å². The van der Waals surface area contributed by atoms with Gasteiger partial charge in [0.05, 0.1) is 0 Å². The van der Waals surface area contributed by atoms with Crippen LogP contribution in [0.3, 0.4) is 0 Å². The average molecular weight is 238 g/mol. The second kappa shape index (κ2) is 4.53. The second-order valence-electron chi connectivity index (χ2n) is 5.56. The monoisotopic (exact) mass is 238 g/mol. The Bertz CT molecular complexity index is 224. The largest absolute Gasteiger partial charge is 0.403 e. The first-order valence-electron chi connectivity index (χ1n) is 5.69. The number of nitrogens with two attached hydrogens (primary N) is 1. The summed E-state index contributed by atoms with van der Waals surface area (Å²) in [6, 6.07) is -1.66. The molecule has 16 heavy (non-hydrogen) atoms. The standard InChI is InChI=1S/C11H21F3N2/c1-10(2,3)16-6-4-8(5-7-16)9(15)11(12,13)14/h8-9H,4-7,15H2,1-3H3. The molecule has 0 aromatic rings. The number of nitrogens with zero attached hydrogens (tertiary/aromatic N) is 1. The van der Waals surface area contributed by atoms with Crippen LogP contribution in [0.15, 0.2) is 0 Å². The van der Waals surface area contributed by atoms with Gasteiger partial charge in [-0.3, -0.25) is 4.90 Å².